The van der Waals surface area contributed by atoms with E-state index in [1.807, 2.05) is 13.8 Å². The summed E-state index contributed by atoms with van der Waals surface area (Å²) in [6.45, 7) is 3.75. The molecule has 22 heavy (non-hydrogen) atoms. The molecule has 0 saturated heterocycles. The fourth-order valence-corrected chi connectivity index (χ4v) is 3.76. The van der Waals surface area contributed by atoms with E-state index in [0.29, 0.717) is 16.9 Å². The van der Waals surface area contributed by atoms with Crippen LogP contribution in [0.2, 0.25) is 0 Å². The first-order chi connectivity index (χ1) is 10.4. The van der Waals surface area contributed by atoms with Crippen molar-refractivity contribution >= 4 is 21.1 Å². The van der Waals surface area contributed by atoms with Crippen LogP contribution in [0.15, 0.2) is 47.5 Å². The summed E-state index contributed by atoms with van der Waals surface area (Å²) < 4.78 is 32.0. The summed E-state index contributed by atoms with van der Waals surface area (Å²) >= 11 is 0. The van der Waals surface area contributed by atoms with Crippen LogP contribution in [0.1, 0.15) is 11.1 Å². The van der Waals surface area contributed by atoms with Crippen molar-refractivity contribution in [3.8, 4) is 5.88 Å². The van der Waals surface area contributed by atoms with E-state index in [4.69, 9.17) is 4.74 Å². The molecule has 0 fully saturated rings. The second-order valence-electron chi connectivity index (χ2n) is 5.15. The summed E-state index contributed by atoms with van der Waals surface area (Å²) in [6.07, 6.45) is 1.59. The Morgan fingerprint density at radius 1 is 1.05 bits per heavy atom. The van der Waals surface area contributed by atoms with Crippen LogP contribution in [-0.4, -0.2) is 24.5 Å². The lowest BCUT2D eigenvalue weighted by atomic mass is 10.2. The number of methoxy groups -OCH3 is 1. The number of pyridine rings is 1. The number of hydrogen-bond donors (Lipinski definition) is 0. The van der Waals surface area contributed by atoms with Gasteiger partial charge in [-0.25, -0.2) is 17.4 Å². The highest BCUT2D eigenvalue weighted by molar-refractivity contribution is 7.90. The SMILES string of the molecule is COc1ccc2c(n1)c(C)cn2S(=O)(=O)c1ccc(C)cc1. The van der Waals surface area contributed by atoms with Gasteiger partial charge < -0.3 is 4.74 Å². The normalized spacial score (nSPS) is 11.8. The molecular weight excluding hydrogens is 300 g/mol. The molecule has 1 aromatic carbocycles. The molecule has 0 amide bonds. The van der Waals surface area contributed by atoms with Crippen LogP contribution in [0, 0.1) is 13.8 Å². The fraction of sp³-hybridized carbons (Fsp3) is 0.188. The predicted molar refractivity (Wildman–Crippen MR) is 84.8 cm³/mol. The number of ether oxygens (including phenoxy) is 1. The zero-order chi connectivity index (χ0) is 15.9. The maximum Gasteiger partial charge on any atom is 0.268 e. The average Bonchev–Trinajstić information content (AvgIpc) is 2.85. The number of aryl methyl sites for hydroxylation is 2. The van der Waals surface area contributed by atoms with Crippen LogP contribution in [0.4, 0.5) is 0 Å². The van der Waals surface area contributed by atoms with E-state index >= 15 is 0 Å². The molecular formula is C16H16N2O3S. The maximum absolute atomic E-state index is 12.8. The Morgan fingerprint density at radius 3 is 2.36 bits per heavy atom. The van der Waals surface area contributed by atoms with Crippen molar-refractivity contribution in [1.29, 1.82) is 0 Å². The maximum atomic E-state index is 12.8. The highest BCUT2D eigenvalue weighted by Gasteiger charge is 2.21. The molecule has 0 saturated carbocycles. The molecule has 3 rings (SSSR count). The molecule has 0 bridgehead atoms. The van der Waals surface area contributed by atoms with Crippen LogP contribution >= 0.6 is 0 Å². The van der Waals surface area contributed by atoms with Crippen molar-refractivity contribution < 1.29 is 13.2 Å². The lowest BCUT2D eigenvalue weighted by Gasteiger charge is -2.08. The highest BCUT2D eigenvalue weighted by Crippen LogP contribution is 2.26. The molecule has 114 valence electrons. The molecule has 0 spiro atoms. The molecule has 0 radical (unpaired) electrons. The second-order valence-corrected chi connectivity index (χ2v) is 6.96. The third kappa shape index (κ3) is 2.25. The quantitative estimate of drug-likeness (QED) is 0.745. The van der Waals surface area contributed by atoms with Crippen LogP contribution in [0.25, 0.3) is 11.0 Å². The zero-order valence-electron chi connectivity index (χ0n) is 12.6. The van der Waals surface area contributed by atoms with Crippen molar-refractivity contribution in [2.45, 2.75) is 18.7 Å². The first-order valence-corrected chi connectivity index (χ1v) is 8.22. The average molecular weight is 316 g/mol. The van der Waals surface area contributed by atoms with Crippen molar-refractivity contribution in [2.75, 3.05) is 7.11 Å². The van der Waals surface area contributed by atoms with Gasteiger partial charge in [-0.15, -0.1) is 0 Å². The molecule has 3 aromatic rings. The van der Waals surface area contributed by atoms with Crippen LogP contribution in [-0.2, 0) is 10.0 Å². The number of hydrogen-bond acceptors (Lipinski definition) is 4. The molecule has 2 aromatic heterocycles. The molecule has 2 heterocycles. The Kier molecular flexibility index (Phi) is 3.41. The smallest absolute Gasteiger partial charge is 0.268 e. The van der Waals surface area contributed by atoms with Gasteiger partial charge in [0.25, 0.3) is 10.0 Å². The summed E-state index contributed by atoms with van der Waals surface area (Å²) in [5, 5.41) is 0. The molecule has 0 aliphatic heterocycles. The van der Waals surface area contributed by atoms with Crippen molar-refractivity contribution in [3.05, 3.63) is 53.7 Å². The summed E-state index contributed by atoms with van der Waals surface area (Å²) in [6, 6.07) is 10.2. The molecule has 5 nitrogen and oxygen atoms in total. The van der Waals surface area contributed by atoms with Crippen molar-refractivity contribution in [1.82, 2.24) is 8.96 Å². The number of fused-ring (bicyclic) bond motifs is 1. The minimum absolute atomic E-state index is 0.255. The third-order valence-electron chi connectivity index (χ3n) is 3.56. The van der Waals surface area contributed by atoms with Crippen LogP contribution in [0.5, 0.6) is 5.88 Å². The predicted octanol–water partition coefficient (Wildman–Crippen LogP) is 2.90. The van der Waals surface area contributed by atoms with Gasteiger partial charge in [0.2, 0.25) is 5.88 Å². The Labute approximate surface area is 129 Å². The minimum Gasteiger partial charge on any atom is -0.481 e. The van der Waals surface area contributed by atoms with Gasteiger partial charge in [-0.1, -0.05) is 17.7 Å². The summed E-state index contributed by atoms with van der Waals surface area (Å²) in [4.78, 5) is 4.58. The monoisotopic (exact) mass is 316 g/mol. The van der Waals surface area contributed by atoms with E-state index in [2.05, 4.69) is 4.98 Å². The number of nitrogens with zero attached hydrogens (tertiary/aromatic N) is 2. The van der Waals surface area contributed by atoms with Gasteiger partial charge in [-0.3, -0.25) is 0 Å². The third-order valence-corrected chi connectivity index (χ3v) is 5.25. The zero-order valence-corrected chi connectivity index (χ0v) is 13.4. The summed E-state index contributed by atoms with van der Waals surface area (Å²) in [7, 11) is -2.11. The molecule has 0 unspecified atom stereocenters. The van der Waals surface area contributed by atoms with E-state index in [9.17, 15) is 8.42 Å². The molecule has 0 N–H and O–H groups in total. The van der Waals surface area contributed by atoms with Crippen LogP contribution in [0.3, 0.4) is 0 Å². The van der Waals surface area contributed by atoms with E-state index in [1.54, 1.807) is 42.6 Å². The number of aromatic nitrogens is 2. The van der Waals surface area contributed by atoms with E-state index in [-0.39, 0.29) is 4.90 Å². The van der Waals surface area contributed by atoms with Gasteiger partial charge in [0, 0.05) is 12.3 Å². The van der Waals surface area contributed by atoms with E-state index in [1.165, 1.54) is 11.1 Å². The van der Waals surface area contributed by atoms with Gasteiger partial charge in [0.1, 0.15) is 0 Å². The molecule has 0 atom stereocenters. The largest absolute Gasteiger partial charge is 0.481 e. The Morgan fingerprint density at radius 2 is 1.73 bits per heavy atom. The Bertz CT molecular complexity index is 941. The standard InChI is InChI=1S/C16H16N2O3S/c1-11-4-6-13(7-5-11)22(19,20)18-10-12(2)16-14(18)8-9-15(17-16)21-3/h4-10H,1-3H3. The highest BCUT2D eigenvalue weighted by atomic mass is 32.2. The Balaban J connectivity index is 2.23. The van der Waals surface area contributed by atoms with Crippen molar-refractivity contribution in [2.24, 2.45) is 0 Å². The van der Waals surface area contributed by atoms with Gasteiger partial charge in [-0.05, 0) is 37.6 Å². The van der Waals surface area contributed by atoms with Crippen LogP contribution < -0.4 is 4.74 Å². The van der Waals surface area contributed by atoms with Gasteiger partial charge in [0.05, 0.1) is 23.0 Å². The molecule has 0 aliphatic carbocycles. The number of benzene rings is 1. The number of rotatable bonds is 3. The Hall–Kier alpha value is -2.34. The van der Waals surface area contributed by atoms with Gasteiger partial charge in [0.15, 0.2) is 0 Å². The van der Waals surface area contributed by atoms with Gasteiger partial charge >= 0.3 is 0 Å². The topological polar surface area (TPSA) is 61.2 Å². The summed E-state index contributed by atoms with van der Waals surface area (Å²) in [5.74, 6) is 0.459. The van der Waals surface area contributed by atoms with Gasteiger partial charge in [-0.2, -0.15) is 0 Å². The molecule has 0 aliphatic rings. The van der Waals surface area contributed by atoms with Crippen molar-refractivity contribution in [3.63, 3.8) is 0 Å². The molecule has 6 heteroatoms. The first-order valence-electron chi connectivity index (χ1n) is 6.78. The lowest BCUT2D eigenvalue weighted by Crippen LogP contribution is -2.11. The van der Waals surface area contributed by atoms with E-state index in [0.717, 1.165) is 11.1 Å². The van der Waals surface area contributed by atoms with E-state index < -0.39 is 10.0 Å². The first kappa shape index (κ1) is 14.6. The minimum atomic E-state index is -3.65. The second kappa shape index (κ2) is 5.14. The lowest BCUT2D eigenvalue weighted by molar-refractivity contribution is 0.399. The fourth-order valence-electron chi connectivity index (χ4n) is 2.34. The summed E-state index contributed by atoms with van der Waals surface area (Å²) in [5.41, 5.74) is 2.96.